The molecule has 1 fully saturated rings. The van der Waals surface area contributed by atoms with E-state index in [0.717, 1.165) is 0 Å². The number of hydrogen-bond acceptors (Lipinski definition) is 4. The summed E-state index contributed by atoms with van der Waals surface area (Å²) < 4.78 is 0. The molecule has 0 aromatic carbocycles. The third kappa shape index (κ3) is 3.66. The summed E-state index contributed by atoms with van der Waals surface area (Å²) in [4.78, 5) is 30.8. The van der Waals surface area contributed by atoms with Crippen molar-refractivity contribution in [2.75, 3.05) is 0 Å². The highest BCUT2D eigenvalue weighted by Crippen LogP contribution is 2.29. The molecule has 7 heteroatoms. The van der Waals surface area contributed by atoms with Gasteiger partial charge in [-0.25, -0.2) is 4.98 Å². The first-order valence-electron chi connectivity index (χ1n) is 6.54. The number of carboxylic acid groups (broad SMARTS) is 1. The minimum Gasteiger partial charge on any atom is -0.481 e. The van der Waals surface area contributed by atoms with Crippen LogP contribution in [0.15, 0.2) is 12.4 Å². The number of rotatable bonds is 4. The van der Waals surface area contributed by atoms with E-state index < -0.39 is 5.97 Å². The number of carbonyl (C=O) groups excluding carboxylic acids is 1. The second kappa shape index (κ2) is 6.65. The Morgan fingerprint density at radius 2 is 1.80 bits per heavy atom. The van der Waals surface area contributed by atoms with Crippen molar-refractivity contribution < 1.29 is 14.7 Å². The molecule has 0 radical (unpaired) electrons. The SMILES string of the molecule is O=C(O)[C@H]1CC[C@H](C(=O)NCc2nccnc2Cl)CC1. The van der Waals surface area contributed by atoms with E-state index >= 15 is 0 Å². The van der Waals surface area contributed by atoms with Gasteiger partial charge in [0.05, 0.1) is 18.2 Å². The normalized spacial score (nSPS) is 22.2. The number of aromatic nitrogens is 2. The van der Waals surface area contributed by atoms with Crippen LogP contribution in [0.25, 0.3) is 0 Å². The molecule has 1 aliphatic rings. The van der Waals surface area contributed by atoms with Crippen molar-refractivity contribution in [1.29, 1.82) is 0 Å². The Morgan fingerprint density at radius 1 is 1.20 bits per heavy atom. The molecule has 1 aromatic rings. The number of halogens is 1. The Labute approximate surface area is 121 Å². The quantitative estimate of drug-likeness (QED) is 0.881. The van der Waals surface area contributed by atoms with Gasteiger partial charge < -0.3 is 10.4 Å². The minimum atomic E-state index is -0.768. The molecule has 1 saturated carbocycles. The minimum absolute atomic E-state index is 0.0736. The average molecular weight is 298 g/mol. The average Bonchev–Trinajstić information content (AvgIpc) is 2.46. The molecule has 0 saturated heterocycles. The molecule has 0 bridgehead atoms. The number of hydrogen-bond donors (Lipinski definition) is 2. The number of carbonyl (C=O) groups is 2. The maximum atomic E-state index is 12.0. The molecule has 0 atom stereocenters. The summed E-state index contributed by atoms with van der Waals surface area (Å²) in [5.74, 6) is -1.28. The molecule has 2 rings (SSSR count). The number of carboxylic acids is 1. The van der Waals surface area contributed by atoms with E-state index in [4.69, 9.17) is 16.7 Å². The first-order valence-corrected chi connectivity index (χ1v) is 6.91. The predicted molar refractivity (Wildman–Crippen MR) is 72.0 cm³/mol. The van der Waals surface area contributed by atoms with Crippen LogP contribution in [0.2, 0.25) is 5.15 Å². The van der Waals surface area contributed by atoms with Gasteiger partial charge in [-0.2, -0.15) is 0 Å². The van der Waals surface area contributed by atoms with E-state index in [0.29, 0.717) is 31.4 Å². The first kappa shape index (κ1) is 14.7. The Balaban J connectivity index is 1.82. The van der Waals surface area contributed by atoms with Crippen LogP contribution in [0.3, 0.4) is 0 Å². The molecule has 1 aliphatic carbocycles. The number of amides is 1. The van der Waals surface area contributed by atoms with Gasteiger partial charge in [-0.05, 0) is 25.7 Å². The summed E-state index contributed by atoms with van der Waals surface area (Å²) in [7, 11) is 0. The van der Waals surface area contributed by atoms with Gasteiger partial charge in [0.2, 0.25) is 5.91 Å². The fourth-order valence-electron chi connectivity index (χ4n) is 2.39. The molecule has 108 valence electrons. The highest BCUT2D eigenvalue weighted by atomic mass is 35.5. The first-order chi connectivity index (χ1) is 9.58. The van der Waals surface area contributed by atoms with Gasteiger partial charge in [0.15, 0.2) is 5.15 Å². The second-order valence-corrected chi connectivity index (χ2v) is 5.26. The lowest BCUT2D eigenvalue weighted by Gasteiger charge is -2.25. The van der Waals surface area contributed by atoms with Gasteiger partial charge in [0.1, 0.15) is 0 Å². The molecule has 0 aliphatic heterocycles. The van der Waals surface area contributed by atoms with E-state index in [9.17, 15) is 9.59 Å². The molecule has 20 heavy (non-hydrogen) atoms. The van der Waals surface area contributed by atoms with Crippen LogP contribution >= 0.6 is 11.6 Å². The standard InChI is InChI=1S/C13H16ClN3O3/c14-11-10(15-5-6-16-11)7-17-12(18)8-1-3-9(4-2-8)13(19)20/h5-6,8-9H,1-4,7H2,(H,17,18)(H,19,20)/t8-,9-. The Morgan fingerprint density at radius 3 is 2.40 bits per heavy atom. The van der Waals surface area contributed by atoms with Crippen LogP contribution < -0.4 is 5.32 Å². The van der Waals surface area contributed by atoms with Crippen molar-refractivity contribution in [3.63, 3.8) is 0 Å². The van der Waals surface area contributed by atoms with Crippen molar-refractivity contribution in [3.05, 3.63) is 23.2 Å². The number of nitrogens with zero attached hydrogens (tertiary/aromatic N) is 2. The molecular formula is C13H16ClN3O3. The van der Waals surface area contributed by atoms with Gasteiger partial charge in [-0.3, -0.25) is 14.6 Å². The highest BCUT2D eigenvalue weighted by molar-refractivity contribution is 6.29. The Bertz CT molecular complexity index is 501. The van der Waals surface area contributed by atoms with E-state index in [1.807, 2.05) is 0 Å². The third-order valence-electron chi connectivity index (χ3n) is 3.60. The smallest absolute Gasteiger partial charge is 0.306 e. The van der Waals surface area contributed by atoms with Crippen LogP contribution in [-0.2, 0) is 16.1 Å². The van der Waals surface area contributed by atoms with Gasteiger partial charge in [0.25, 0.3) is 0 Å². The largest absolute Gasteiger partial charge is 0.481 e. The summed E-state index contributed by atoms with van der Waals surface area (Å²) >= 11 is 5.86. The maximum absolute atomic E-state index is 12.0. The van der Waals surface area contributed by atoms with E-state index in [2.05, 4.69) is 15.3 Å². The third-order valence-corrected chi connectivity index (χ3v) is 3.92. The monoisotopic (exact) mass is 297 g/mol. The van der Waals surface area contributed by atoms with Crippen molar-refractivity contribution in [1.82, 2.24) is 15.3 Å². The molecule has 2 N–H and O–H groups in total. The van der Waals surface area contributed by atoms with Crippen LogP contribution in [0.5, 0.6) is 0 Å². The zero-order valence-corrected chi connectivity index (χ0v) is 11.6. The fraction of sp³-hybridized carbons (Fsp3) is 0.538. The zero-order valence-electron chi connectivity index (χ0n) is 10.9. The van der Waals surface area contributed by atoms with Crippen LogP contribution in [-0.4, -0.2) is 27.0 Å². The van der Waals surface area contributed by atoms with Crippen molar-refractivity contribution >= 4 is 23.5 Å². The van der Waals surface area contributed by atoms with Crippen LogP contribution in [0.1, 0.15) is 31.4 Å². The summed E-state index contributed by atoms with van der Waals surface area (Å²) in [6, 6.07) is 0. The molecule has 0 unspecified atom stereocenters. The highest BCUT2D eigenvalue weighted by Gasteiger charge is 2.29. The van der Waals surface area contributed by atoms with Crippen molar-refractivity contribution in [2.45, 2.75) is 32.2 Å². The lowest BCUT2D eigenvalue weighted by molar-refractivity contribution is -0.144. The molecule has 1 heterocycles. The van der Waals surface area contributed by atoms with Crippen molar-refractivity contribution in [2.24, 2.45) is 11.8 Å². The topological polar surface area (TPSA) is 92.2 Å². The van der Waals surface area contributed by atoms with Gasteiger partial charge in [0, 0.05) is 18.3 Å². The molecular weight excluding hydrogens is 282 g/mol. The maximum Gasteiger partial charge on any atom is 0.306 e. The lowest BCUT2D eigenvalue weighted by Crippen LogP contribution is -2.34. The molecule has 0 spiro atoms. The summed E-state index contributed by atoms with van der Waals surface area (Å²) in [5.41, 5.74) is 0.529. The van der Waals surface area contributed by atoms with Crippen LogP contribution in [0, 0.1) is 11.8 Å². The predicted octanol–water partition coefficient (Wildman–Crippen LogP) is 1.64. The fourth-order valence-corrected chi connectivity index (χ4v) is 2.56. The summed E-state index contributed by atoms with van der Waals surface area (Å²) in [6.07, 6.45) is 5.33. The van der Waals surface area contributed by atoms with Crippen molar-refractivity contribution in [3.8, 4) is 0 Å². The summed E-state index contributed by atoms with van der Waals surface area (Å²) in [6.45, 7) is 0.240. The molecule has 1 amide bonds. The van der Waals surface area contributed by atoms with Gasteiger partial charge in [-0.1, -0.05) is 11.6 Å². The lowest BCUT2D eigenvalue weighted by atomic mass is 9.81. The molecule has 1 aromatic heterocycles. The number of aliphatic carboxylic acids is 1. The van der Waals surface area contributed by atoms with E-state index in [-0.39, 0.29) is 29.4 Å². The second-order valence-electron chi connectivity index (χ2n) is 4.90. The van der Waals surface area contributed by atoms with E-state index in [1.54, 1.807) is 0 Å². The Hall–Kier alpha value is -1.69. The van der Waals surface area contributed by atoms with Gasteiger partial charge >= 0.3 is 5.97 Å². The zero-order chi connectivity index (χ0) is 14.5. The molecule has 6 nitrogen and oxygen atoms in total. The van der Waals surface area contributed by atoms with E-state index in [1.165, 1.54) is 12.4 Å². The van der Waals surface area contributed by atoms with Gasteiger partial charge in [-0.15, -0.1) is 0 Å². The summed E-state index contributed by atoms with van der Waals surface area (Å²) in [5, 5.41) is 12.0. The number of nitrogens with one attached hydrogen (secondary N) is 1. The Kier molecular flexibility index (Phi) is 4.89. The van der Waals surface area contributed by atoms with Crippen LogP contribution in [0.4, 0.5) is 0 Å².